The molecule has 1 aromatic heterocycles. The number of nitriles is 1. The predicted molar refractivity (Wildman–Crippen MR) is 125 cm³/mol. The molecule has 164 valence electrons. The second kappa shape index (κ2) is 9.06. The molecule has 0 saturated heterocycles. The monoisotopic (exact) mass is 448 g/mol. The fourth-order valence-corrected chi connectivity index (χ4v) is 5.81. The first kappa shape index (κ1) is 24.4. The SMILES string of the molecule is CC(N=S(N)(=O)c1ccc(C(C)(C)O)s1)Nc1c(C(C)C)ccc(C#N)c1C(C)C. The fourth-order valence-electron chi connectivity index (χ4n) is 3.30. The van der Waals surface area contributed by atoms with Crippen LogP contribution in [-0.2, 0) is 15.5 Å². The predicted octanol–water partition coefficient (Wildman–Crippen LogP) is 5.25. The second-order valence-electron chi connectivity index (χ2n) is 8.58. The molecule has 0 saturated carbocycles. The van der Waals surface area contributed by atoms with Gasteiger partial charge in [-0.2, -0.15) is 9.62 Å². The van der Waals surface area contributed by atoms with Crippen LogP contribution >= 0.6 is 11.3 Å². The summed E-state index contributed by atoms with van der Waals surface area (Å²) in [6, 6.07) is 9.47. The number of nitrogens with one attached hydrogen (secondary N) is 1. The minimum atomic E-state index is -3.15. The maximum atomic E-state index is 13.1. The van der Waals surface area contributed by atoms with Crippen molar-refractivity contribution in [2.75, 3.05) is 5.32 Å². The van der Waals surface area contributed by atoms with E-state index in [2.05, 4.69) is 29.6 Å². The van der Waals surface area contributed by atoms with Crippen molar-refractivity contribution in [3.8, 4) is 6.07 Å². The summed E-state index contributed by atoms with van der Waals surface area (Å²) < 4.78 is 17.9. The van der Waals surface area contributed by atoms with Gasteiger partial charge in [-0.25, -0.2) is 9.35 Å². The highest BCUT2D eigenvalue weighted by Crippen LogP contribution is 2.36. The second-order valence-corrected chi connectivity index (χ2v) is 11.7. The van der Waals surface area contributed by atoms with E-state index in [0.717, 1.165) is 16.8 Å². The summed E-state index contributed by atoms with van der Waals surface area (Å²) in [6.45, 7) is 13.4. The van der Waals surface area contributed by atoms with E-state index < -0.39 is 21.7 Å². The molecule has 0 aliphatic heterocycles. The average molecular weight is 449 g/mol. The highest BCUT2D eigenvalue weighted by atomic mass is 32.2. The highest BCUT2D eigenvalue weighted by Gasteiger charge is 2.23. The molecule has 1 heterocycles. The largest absolute Gasteiger partial charge is 0.385 e. The third-order valence-electron chi connectivity index (χ3n) is 4.74. The lowest BCUT2D eigenvalue weighted by Gasteiger charge is -2.24. The van der Waals surface area contributed by atoms with Gasteiger partial charge in [0.05, 0.1) is 17.2 Å². The van der Waals surface area contributed by atoms with Crippen LogP contribution in [0.1, 0.15) is 81.9 Å². The molecule has 6 nitrogen and oxygen atoms in total. The van der Waals surface area contributed by atoms with E-state index in [1.54, 1.807) is 32.9 Å². The molecule has 0 radical (unpaired) electrons. The molecule has 30 heavy (non-hydrogen) atoms. The molecule has 8 heteroatoms. The lowest BCUT2D eigenvalue weighted by Crippen LogP contribution is -2.22. The van der Waals surface area contributed by atoms with Crippen molar-refractivity contribution in [3.05, 3.63) is 45.8 Å². The fraction of sp³-hybridized carbons (Fsp3) is 0.500. The quantitative estimate of drug-likeness (QED) is 0.537. The first-order valence-corrected chi connectivity index (χ1v) is 12.4. The molecule has 2 rings (SSSR count). The Morgan fingerprint density at radius 1 is 1.17 bits per heavy atom. The van der Waals surface area contributed by atoms with Crippen LogP contribution in [0.25, 0.3) is 0 Å². The van der Waals surface area contributed by atoms with Crippen LogP contribution in [-0.4, -0.2) is 15.5 Å². The Balaban J connectivity index is 2.49. The van der Waals surface area contributed by atoms with Crippen LogP contribution in [0.2, 0.25) is 0 Å². The summed E-state index contributed by atoms with van der Waals surface area (Å²) in [5.74, 6) is 0.362. The van der Waals surface area contributed by atoms with Crippen molar-refractivity contribution in [2.24, 2.45) is 9.50 Å². The third-order valence-corrected chi connectivity index (χ3v) is 8.24. The van der Waals surface area contributed by atoms with Crippen molar-refractivity contribution in [3.63, 3.8) is 0 Å². The topological polar surface area (TPSA) is 112 Å². The summed E-state index contributed by atoms with van der Waals surface area (Å²) in [4.78, 5) is 0.678. The molecule has 0 amide bonds. The van der Waals surface area contributed by atoms with Crippen molar-refractivity contribution in [1.82, 2.24) is 0 Å². The number of hydrogen-bond donors (Lipinski definition) is 3. The number of nitrogens with two attached hydrogens (primary N) is 1. The molecule has 0 aliphatic carbocycles. The first-order chi connectivity index (χ1) is 13.8. The van der Waals surface area contributed by atoms with E-state index in [4.69, 9.17) is 5.14 Å². The number of hydrogen-bond acceptors (Lipinski definition) is 6. The van der Waals surface area contributed by atoms with Gasteiger partial charge in [-0.15, -0.1) is 11.3 Å². The van der Waals surface area contributed by atoms with Crippen LogP contribution in [0.15, 0.2) is 32.8 Å². The van der Waals surface area contributed by atoms with Gasteiger partial charge in [0.15, 0.2) is 0 Å². The Kier molecular flexibility index (Phi) is 7.36. The van der Waals surface area contributed by atoms with E-state index in [-0.39, 0.29) is 11.8 Å². The minimum Gasteiger partial charge on any atom is -0.385 e. The lowest BCUT2D eigenvalue weighted by molar-refractivity contribution is 0.0825. The van der Waals surface area contributed by atoms with Crippen LogP contribution in [0.4, 0.5) is 5.69 Å². The summed E-state index contributed by atoms with van der Waals surface area (Å²) in [5, 5.41) is 29.2. The van der Waals surface area contributed by atoms with Crippen molar-refractivity contribution in [1.29, 1.82) is 5.26 Å². The van der Waals surface area contributed by atoms with Gasteiger partial charge in [0.2, 0.25) is 0 Å². The van der Waals surface area contributed by atoms with Crippen LogP contribution < -0.4 is 10.5 Å². The summed E-state index contributed by atoms with van der Waals surface area (Å²) in [7, 11) is -3.15. The molecule has 2 atom stereocenters. The van der Waals surface area contributed by atoms with Crippen molar-refractivity contribution in [2.45, 2.75) is 76.3 Å². The number of rotatable bonds is 7. The minimum absolute atomic E-state index is 0.127. The van der Waals surface area contributed by atoms with Gasteiger partial charge in [0.25, 0.3) is 0 Å². The zero-order chi connectivity index (χ0) is 22.9. The average Bonchev–Trinajstić information content (AvgIpc) is 3.11. The third kappa shape index (κ3) is 5.41. The molecular formula is C22H32N4O2S2. The van der Waals surface area contributed by atoms with Crippen molar-refractivity contribution >= 4 is 26.9 Å². The van der Waals surface area contributed by atoms with Crippen LogP contribution in [0.5, 0.6) is 0 Å². The highest BCUT2D eigenvalue weighted by molar-refractivity contribution is 7.93. The van der Waals surface area contributed by atoms with Gasteiger partial charge < -0.3 is 10.4 Å². The van der Waals surface area contributed by atoms with E-state index >= 15 is 0 Å². The molecule has 1 aromatic carbocycles. The van der Waals surface area contributed by atoms with Gasteiger partial charge in [-0.05, 0) is 61.9 Å². The van der Waals surface area contributed by atoms with Crippen LogP contribution in [0.3, 0.4) is 0 Å². The number of benzene rings is 1. The van der Waals surface area contributed by atoms with Gasteiger partial charge in [0.1, 0.15) is 20.3 Å². The molecule has 0 fully saturated rings. The summed E-state index contributed by atoms with van der Waals surface area (Å²) in [5.41, 5.74) is 2.44. The Bertz CT molecular complexity index is 1070. The van der Waals surface area contributed by atoms with Gasteiger partial charge >= 0.3 is 0 Å². The molecule has 0 bridgehead atoms. The Hall–Kier alpha value is -1.92. The number of thiophene rings is 1. The zero-order valence-corrected chi connectivity index (χ0v) is 20.3. The van der Waals surface area contributed by atoms with Gasteiger partial charge in [0, 0.05) is 10.6 Å². The maximum Gasteiger partial charge on any atom is 0.146 e. The van der Waals surface area contributed by atoms with E-state index in [1.807, 2.05) is 26.0 Å². The molecule has 2 aromatic rings. The van der Waals surface area contributed by atoms with E-state index in [9.17, 15) is 14.6 Å². The molecule has 0 aliphatic rings. The normalized spacial score (nSPS) is 15.0. The first-order valence-electron chi connectivity index (χ1n) is 9.98. The maximum absolute atomic E-state index is 13.1. The lowest BCUT2D eigenvalue weighted by atomic mass is 9.89. The summed E-state index contributed by atoms with van der Waals surface area (Å²) >= 11 is 1.20. The Morgan fingerprint density at radius 2 is 1.80 bits per heavy atom. The molecule has 2 unspecified atom stereocenters. The smallest absolute Gasteiger partial charge is 0.146 e. The molecule has 4 N–H and O–H groups in total. The van der Waals surface area contributed by atoms with Crippen molar-refractivity contribution < 1.29 is 9.32 Å². The standard InChI is InChI=1S/C22H32N4O2S2/c1-13(2)17-9-8-16(12-23)20(14(3)4)21(17)25-15(5)26-30(24,28)19-11-10-18(29-19)22(6,7)27/h8-11,13-15,25,27H,1-7H3,(H2,24,26,28). The van der Waals surface area contributed by atoms with Gasteiger partial charge in [-0.1, -0.05) is 33.8 Å². The number of anilines is 1. The zero-order valence-electron chi connectivity index (χ0n) is 18.7. The number of aliphatic hydroxyl groups is 1. The van der Waals surface area contributed by atoms with E-state index in [0.29, 0.717) is 14.6 Å². The van der Waals surface area contributed by atoms with Crippen LogP contribution in [0, 0.1) is 11.3 Å². The Morgan fingerprint density at radius 3 is 2.27 bits per heavy atom. The Labute approximate surface area is 184 Å². The van der Waals surface area contributed by atoms with Gasteiger partial charge in [-0.3, -0.25) is 0 Å². The molecule has 0 spiro atoms. The van der Waals surface area contributed by atoms with E-state index in [1.165, 1.54) is 11.3 Å². The summed E-state index contributed by atoms with van der Waals surface area (Å²) in [6.07, 6.45) is -0.542. The number of nitrogens with zero attached hydrogens (tertiary/aromatic N) is 2. The molecular weight excluding hydrogens is 416 g/mol.